The highest BCUT2D eigenvalue weighted by Gasteiger charge is 2.30. The number of para-hydroxylation sites is 2. The minimum absolute atomic E-state index is 0.661. The summed E-state index contributed by atoms with van der Waals surface area (Å²) in [6.07, 6.45) is -4.38. The van der Waals surface area contributed by atoms with Gasteiger partial charge in [0.15, 0.2) is 0 Å². The Labute approximate surface area is 308 Å². The van der Waals surface area contributed by atoms with Crippen molar-refractivity contribution in [3.8, 4) is 22.3 Å². The second-order valence-electron chi connectivity index (χ2n) is 13.6. The van der Waals surface area contributed by atoms with Crippen LogP contribution in [0.3, 0.4) is 0 Å². The fraction of sp³-hybridized carbons (Fsp3) is 0.0204. The molecule has 54 heavy (non-hydrogen) atoms. The van der Waals surface area contributed by atoms with Crippen molar-refractivity contribution in [3.05, 3.63) is 188 Å². The van der Waals surface area contributed by atoms with Crippen molar-refractivity contribution >= 4 is 71.3 Å². The van der Waals surface area contributed by atoms with E-state index >= 15 is 0 Å². The first-order valence-electron chi connectivity index (χ1n) is 17.8. The van der Waals surface area contributed by atoms with Gasteiger partial charge in [0.2, 0.25) is 0 Å². The molecule has 0 spiro atoms. The third kappa shape index (κ3) is 5.28. The van der Waals surface area contributed by atoms with E-state index in [4.69, 9.17) is 4.42 Å². The summed E-state index contributed by atoms with van der Waals surface area (Å²) in [5.74, 6) is 0. The summed E-state index contributed by atoms with van der Waals surface area (Å²) in [5.41, 5.74) is 7.53. The maximum absolute atomic E-state index is 13.3. The Bertz CT molecular complexity index is 2980. The summed E-state index contributed by atoms with van der Waals surface area (Å²) in [6.45, 7) is 0. The van der Waals surface area contributed by atoms with Crippen LogP contribution in [0.2, 0.25) is 0 Å². The second-order valence-corrected chi connectivity index (χ2v) is 13.6. The molecule has 0 saturated heterocycles. The average molecular weight is 706 g/mol. The number of benzene rings is 9. The molecule has 10 rings (SSSR count). The molecule has 10 aromatic rings. The highest BCUT2D eigenvalue weighted by Crippen LogP contribution is 2.43. The van der Waals surface area contributed by atoms with E-state index in [2.05, 4.69) is 120 Å². The number of anilines is 3. The Morgan fingerprint density at radius 2 is 0.833 bits per heavy atom. The number of halogens is 3. The lowest BCUT2D eigenvalue weighted by atomic mass is 9.94. The quantitative estimate of drug-likeness (QED) is 0.166. The summed E-state index contributed by atoms with van der Waals surface area (Å²) in [4.78, 5) is 2.23. The third-order valence-corrected chi connectivity index (χ3v) is 10.5. The smallest absolute Gasteiger partial charge is 0.416 e. The van der Waals surface area contributed by atoms with Crippen molar-refractivity contribution in [2.45, 2.75) is 6.18 Å². The lowest BCUT2D eigenvalue weighted by Gasteiger charge is -2.26. The summed E-state index contributed by atoms with van der Waals surface area (Å²) >= 11 is 0. The summed E-state index contributed by atoms with van der Waals surface area (Å²) in [5, 5.41) is 9.32. The van der Waals surface area contributed by atoms with Gasteiger partial charge in [-0.3, -0.25) is 0 Å². The zero-order valence-electron chi connectivity index (χ0n) is 28.8. The predicted molar refractivity (Wildman–Crippen MR) is 217 cm³/mol. The molecular weight excluding hydrogens is 676 g/mol. The maximum atomic E-state index is 13.3. The molecule has 2 nitrogen and oxygen atoms in total. The molecule has 1 aromatic heterocycles. The molecule has 1 heterocycles. The van der Waals surface area contributed by atoms with Gasteiger partial charge in [-0.05, 0) is 104 Å². The average Bonchev–Trinajstić information content (AvgIpc) is 3.60. The zero-order chi connectivity index (χ0) is 36.4. The van der Waals surface area contributed by atoms with Crippen LogP contribution in [0.15, 0.2) is 186 Å². The van der Waals surface area contributed by atoms with Crippen LogP contribution >= 0.6 is 0 Å². The lowest BCUT2D eigenvalue weighted by Crippen LogP contribution is -2.10. The first kappa shape index (κ1) is 31.9. The van der Waals surface area contributed by atoms with E-state index in [0.717, 1.165) is 73.2 Å². The number of rotatable bonds is 5. The number of nitrogens with zero attached hydrogens (tertiary/aromatic N) is 1. The van der Waals surface area contributed by atoms with Crippen LogP contribution in [0.5, 0.6) is 0 Å². The molecule has 0 fully saturated rings. The van der Waals surface area contributed by atoms with E-state index in [1.54, 1.807) is 0 Å². The van der Waals surface area contributed by atoms with Crippen molar-refractivity contribution in [1.82, 2.24) is 0 Å². The van der Waals surface area contributed by atoms with Gasteiger partial charge in [-0.1, -0.05) is 127 Å². The van der Waals surface area contributed by atoms with Gasteiger partial charge in [-0.2, -0.15) is 13.2 Å². The Balaban J connectivity index is 1.11. The number of hydrogen-bond acceptors (Lipinski definition) is 2. The van der Waals surface area contributed by atoms with Crippen molar-refractivity contribution in [2.24, 2.45) is 0 Å². The first-order valence-corrected chi connectivity index (χ1v) is 17.8. The molecule has 258 valence electrons. The van der Waals surface area contributed by atoms with Crippen LogP contribution in [0, 0.1) is 0 Å². The van der Waals surface area contributed by atoms with E-state index < -0.39 is 11.7 Å². The Hall–Kier alpha value is -6.85. The fourth-order valence-electron chi connectivity index (χ4n) is 7.90. The van der Waals surface area contributed by atoms with Gasteiger partial charge in [0, 0.05) is 33.4 Å². The molecule has 0 aliphatic carbocycles. The van der Waals surface area contributed by atoms with Crippen LogP contribution in [-0.4, -0.2) is 0 Å². The van der Waals surface area contributed by atoms with Gasteiger partial charge in [0.05, 0.1) is 5.56 Å². The molecule has 0 radical (unpaired) electrons. The van der Waals surface area contributed by atoms with E-state index in [1.807, 2.05) is 42.5 Å². The van der Waals surface area contributed by atoms with E-state index in [-0.39, 0.29) is 0 Å². The monoisotopic (exact) mass is 705 g/mol. The van der Waals surface area contributed by atoms with Crippen molar-refractivity contribution < 1.29 is 17.6 Å². The SMILES string of the molecule is FC(F)(F)c1ccc(-c2ccc(N(c3ccc(-c4cccc5c4oc4ccccc45)cc3)c3ccc4c5ccccc5c5ccccc5c4c3)cc2)cc1. The van der Waals surface area contributed by atoms with E-state index in [9.17, 15) is 13.2 Å². The van der Waals surface area contributed by atoms with Crippen LogP contribution in [0.1, 0.15) is 5.56 Å². The highest BCUT2D eigenvalue weighted by atomic mass is 19.4. The van der Waals surface area contributed by atoms with Gasteiger partial charge in [0.1, 0.15) is 11.2 Å². The fourth-order valence-corrected chi connectivity index (χ4v) is 7.90. The minimum Gasteiger partial charge on any atom is -0.455 e. The Morgan fingerprint density at radius 1 is 0.370 bits per heavy atom. The van der Waals surface area contributed by atoms with E-state index in [0.29, 0.717) is 5.56 Å². The standard InChI is InChI=1S/C49H30F3NO/c50-49(51,52)34-22-16-31(17-23-34)32-18-24-35(25-19-32)53(37-28-29-43-41-10-2-1-8-39(41)40-9-3-4-11-42(40)46(43)30-37)36-26-20-33(21-27-36)38-13-7-14-45-44-12-5-6-15-47(44)54-48(38)45/h1-30H. The van der Waals surface area contributed by atoms with Gasteiger partial charge < -0.3 is 9.32 Å². The topological polar surface area (TPSA) is 16.4 Å². The molecule has 0 aliphatic heterocycles. The highest BCUT2D eigenvalue weighted by molar-refractivity contribution is 6.25. The molecular formula is C49H30F3NO. The molecule has 5 heteroatoms. The molecule has 0 aliphatic rings. The molecule has 0 unspecified atom stereocenters. The predicted octanol–water partition coefficient (Wildman–Crippen LogP) is 14.9. The lowest BCUT2D eigenvalue weighted by molar-refractivity contribution is -0.137. The molecule has 0 bridgehead atoms. The number of alkyl halides is 3. The van der Waals surface area contributed by atoms with Crippen LogP contribution < -0.4 is 4.90 Å². The van der Waals surface area contributed by atoms with Crippen molar-refractivity contribution in [2.75, 3.05) is 4.90 Å². The van der Waals surface area contributed by atoms with Gasteiger partial charge in [-0.15, -0.1) is 0 Å². The molecule has 0 N–H and O–H groups in total. The zero-order valence-corrected chi connectivity index (χ0v) is 28.8. The van der Waals surface area contributed by atoms with Crippen molar-refractivity contribution in [1.29, 1.82) is 0 Å². The van der Waals surface area contributed by atoms with Crippen molar-refractivity contribution in [3.63, 3.8) is 0 Å². The maximum Gasteiger partial charge on any atom is 0.416 e. The molecule has 0 atom stereocenters. The van der Waals surface area contributed by atoms with Gasteiger partial charge in [0.25, 0.3) is 0 Å². The molecule has 0 saturated carbocycles. The number of hydrogen-bond donors (Lipinski definition) is 0. The van der Waals surface area contributed by atoms with Gasteiger partial charge in [-0.25, -0.2) is 0 Å². The summed E-state index contributed by atoms with van der Waals surface area (Å²) < 4.78 is 46.2. The molecule has 9 aromatic carbocycles. The van der Waals surface area contributed by atoms with Crippen LogP contribution in [-0.2, 0) is 6.18 Å². The second kappa shape index (κ2) is 12.4. The molecule has 0 amide bonds. The number of furan rings is 1. The summed E-state index contributed by atoms with van der Waals surface area (Å²) in [6, 6.07) is 59.9. The number of fused-ring (bicyclic) bond motifs is 9. The van der Waals surface area contributed by atoms with Gasteiger partial charge >= 0.3 is 6.18 Å². The van der Waals surface area contributed by atoms with Crippen LogP contribution in [0.4, 0.5) is 30.2 Å². The normalized spacial score (nSPS) is 12.0. The van der Waals surface area contributed by atoms with Crippen LogP contribution in [0.25, 0.3) is 76.5 Å². The largest absolute Gasteiger partial charge is 0.455 e. The Morgan fingerprint density at radius 3 is 1.43 bits per heavy atom. The Kier molecular flexibility index (Phi) is 7.31. The van der Waals surface area contributed by atoms with E-state index in [1.165, 1.54) is 39.1 Å². The third-order valence-electron chi connectivity index (χ3n) is 10.5. The first-order chi connectivity index (χ1) is 26.4. The minimum atomic E-state index is -4.38. The summed E-state index contributed by atoms with van der Waals surface area (Å²) in [7, 11) is 0.